The molecule has 6 heteroatoms. The van der Waals surface area contributed by atoms with Gasteiger partial charge in [0.2, 0.25) is 0 Å². The van der Waals surface area contributed by atoms with Crippen molar-refractivity contribution in [1.82, 2.24) is 24.9 Å². The number of aromatic nitrogens is 4. The maximum absolute atomic E-state index is 4.42. The zero-order valence-corrected chi connectivity index (χ0v) is 13.3. The third-order valence-electron chi connectivity index (χ3n) is 3.90. The van der Waals surface area contributed by atoms with Gasteiger partial charge in [-0.15, -0.1) is 0 Å². The van der Waals surface area contributed by atoms with E-state index in [4.69, 9.17) is 0 Å². The summed E-state index contributed by atoms with van der Waals surface area (Å²) in [6.45, 7) is 6.34. The molecule has 1 N–H and O–H groups in total. The van der Waals surface area contributed by atoms with E-state index in [1.807, 2.05) is 17.1 Å². The van der Waals surface area contributed by atoms with Crippen molar-refractivity contribution in [3.05, 3.63) is 34.3 Å². The molecule has 3 rings (SSSR count). The summed E-state index contributed by atoms with van der Waals surface area (Å²) in [6, 6.07) is 2.18. The van der Waals surface area contributed by atoms with Gasteiger partial charge in [0.15, 0.2) is 0 Å². The van der Waals surface area contributed by atoms with Gasteiger partial charge in [0.05, 0.1) is 22.9 Å². The average Bonchev–Trinajstić information content (AvgIpc) is 3.06. The molecule has 0 spiro atoms. The van der Waals surface area contributed by atoms with Gasteiger partial charge >= 0.3 is 0 Å². The zero-order chi connectivity index (χ0) is 13.9. The molecule has 1 saturated heterocycles. The molecule has 0 aliphatic carbocycles. The zero-order valence-electron chi connectivity index (χ0n) is 11.7. The number of nitrogens with one attached hydrogen (secondary N) is 1. The molecule has 2 aromatic heterocycles. The summed E-state index contributed by atoms with van der Waals surface area (Å²) in [7, 11) is 0. The second-order valence-corrected chi connectivity index (χ2v) is 6.45. The first kappa shape index (κ1) is 13.8. The summed E-state index contributed by atoms with van der Waals surface area (Å²) in [6.07, 6.45) is 6.36. The number of likely N-dealkylation sites (tertiary alicyclic amines) is 1. The molecular formula is C14H20BrN5. The van der Waals surface area contributed by atoms with Crippen LogP contribution in [-0.4, -0.2) is 44.5 Å². The van der Waals surface area contributed by atoms with Crippen molar-refractivity contribution in [3.8, 4) is 0 Å². The maximum Gasteiger partial charge on any atom is 0.0668 e. The smallest absolute Gasteiger partial charge is 0.0668 e. The number of H-pyrrole nitrogens is 1. The summed E-state index contributed by atoms with van der Waals surface area (Å²) in [5.74, 6) is 0.568. The first-order valence-corrected chi connectivity index (χ1v) is 7.92. The van der Waals surface area contributed by atoms with Crippen molar-refractivity contribution < 1.29 is 0 Å². The van der Waals surface area contributed by atoms with Crippen molar-refractivity contribution in [3.63, 3.8) is 0 Å². The van der Waals surface area contributed by atoms with Crippen LogP contribution in [0.5, 0.6) is 0 Å². The van der Waals surface area contributed by atoms with E-state index >= 15 is 0 Å². The van der Waals surface area contributed by atoms with Crippen LogP contribution in [0.2, 0.25) is 0 Å². The molecule has 108 valence electrons. The van der Waals surface area contributed by atoms with Crippen molar-refractivity contribution in [2.24, 2.45) is 0 Å². The van der Waals surface area contributed by atoms with E-state index in [2.05, 4.69) is 49.1 Å². The van der Waals surface area contributed by atoms with E-state index in [0.29, 0.717) is 5.92 Å². The van der Waals surface area contributed by atoms with Gasteiger partial charge in [-0.1, -0.05) is 0 Å². The molecule has 3 heterocycles. The lowest BCUT2D eigenvalue weighted by atomic mass is 9.95. The number of nitrogens with zero attached hydrogens (tertiary/aromatic N) is 4. The quantitative estimate of drug-likeness (QED) is 0.932. The summed E-state index contributed by atoms with van der Waals surface area (Å²) in [5.41, 5.74) is 2.37. The fourth-order valence-corrected chi connectivity index (χ4v) is 3.18. The summed E-state index contributed by atoms with van der Waals surface area (Å²) < 4.78 is 3.04. The number of aryl methyl sites for hydroxylation is 1. The second-order valence-electron chi connectivity index (χ2n) is 5.54. The predicted octanol–water partition coefficient (Wildman–Crippen LogP) is 2.56. The maximum atomic E-state index is 4.42. The fourth-order valence-electron chi connectivity index (χ4n) is 2.85. The van der Waals surface area contributed by atoms with Crippen LogP contribution < -0.4 is 0 Å². The van der Waals surface area contributed by atoms with Gasteiger partial charge in [0, 0.05) is 30.9 Å². The highest BCUT2D eigenvalue weighted by Gasteiger charge is 2.22. The number of piperidine rings is 1. The molecule has 0 aromatic carbocycles. The van der Waals surface area contributed by atoms with Gasteiger partial charge in [0.1, 0.15) is 0 Å². The highest BCUT2D eigenvalue weighted by atomic mass is 79.9. The highest BCUT2D eigenvalue weighted by Crippen LogP contribution is 2.25. The van der Waals surface area contributed by atoms with Crippen LogP contribution >= 0.6 is 15.9 Å². The lowest BCUT2D eigenvalue weighted by Gasteiger charge is -2.31. The Kier molecular flexibility index (Phi) is 4.21. The van der Waals surface area contributed by atoms with Crippen LogP contribution in [0, 0.1) is 6.92 Å². The van der Waals surface area contributed by atoms with E-state index in [-0.39, 0.29) is 0 Å². The van der Waals surface area contributed by atoms with Crippen molar-refractivity contribution >= 4 is 15.9 Å². The van der Waals surface area contributed by atoms with Gasteiger partial charge in [0.25, 0.3) is 0 Å². The van der Waals surface area contributed by atoms with Gasteiger partial charge in [-0.3, -0.25) is 9.78 Å². The summed E-state index contributed by atoms with van der Waals surface area (Å²) >= 11 is 3.43. The Hall–Kier alpha value is -1.14. The van der Waals surface area contributed by atoms with E-state index in [1.165, 1.54) is 25.1 Å². The predicted molar refractivity (Wildman–Crippen MR) is 81.7 cm³/mol. The van der Waals surface area contributed by atoms with E-state index in [9.17, 15) is 0 Å². The van der Waals surface area contributed by atoms with Gasteiger partial charge < -0.3 is 4.90 Å². The molecule has 20 heavy (non-hydrogen) atoms. The van der Waals surface area contributed by atoms with Crippen LogP contribution in [0.3, 0.4) is 0 Å². The third kappa shape index (κ3) is 3.30. The van der Waals surface area contributed by atoms with Crippen LogP contribution in [0.25, 0.3) is 0 Å². The molecule has 1 fully saturated rings. The molecule has 0 bridgehead atoms. The van der Waals surface area contributed by atoms with Crippen LogP contribution in [0.1, 0.15) is 30.1 Å². The Labute approximate surface area is 127 Å². The van der Waals surface area contributed by atoms with Crippen molar-refractivity contribution in [2.45, 2.75) is 32.2 Å². The standard InChI is InChI=1S/C14H20BrN5/c1-11-7-14(18-17-11)12-3-2-4-19(9-12)5-6-20-10-13(15)8-16-20/h7-8,10,12H,2-6,9H2,1H3,(H,17,18)/t12-/m1/s1. The first-order chi connectivity index (χ1) is 9.70. The molecule has 2 aromatic rings. The second kappa shape index (κ2) is 6.10. The minimum atomic E-state index is 0.568. The number of hydrogen-bond donors (Lipinski definition) is 1. The van der Waals surface area contributed by atoms with Crippen molar-refractivity contribution in [2.75, 3.05) is 19.6 Å². The largest absolute Gasteiger partial charge is 0.301 e. The molecule has 0 saturated carbocycles. The fraction of sp³-hybridized carbons (Fsp3) is 0.571. The topological polar surface area (TPSA) is 49.7 Å². The molecular weight excluding hydrogens is 318 g/mol. The first-order valence-electron chi connectivity index (χ1n) is 7.13. The Balaban J connectivity index is 1.55. The molecule has 1 atom stereocenters. The normalized spacial score (nSPS) is 20.4. The molecule has 0 unspecified atom stereocenters. The molecule has 1 aliphatic rings. The van der Waals surface area contributed by atoms with Crippen LogP contribution in [0.4, 0.5) is 0 Å². The third-order valence-corrected chi connectivity index (χ3v) is 4.31. The highest BCUT2D eigenvalue weighted by molar-refractivity contribution is 9.10. The monoisotopic (exact) mass is 337 g/mol. The summed E-state index contributed by atoms with van der Waals surface area (Å²) in [5, 5.41) is 11.8. The van der Waals surface area contributed by atoms with E-state index in [0.717, 1.165) is 29.8 Å². The minimum absolute atomic E-state index is 0.568. The molecule has 1 aliphatic heterocycles. The molecule has 5 nitrogen and oxygen atoms in total. The Morgan fingerprint density at radius 2 is 2.35 bits per heavy atom. The van der Waals surface area contributed by atoms with Gasteiger partial charge in [-0.2, -0.15) is 10.2 Å². The lowest BCUT2D eigenvalue weighted by molar-refractivity contribution is 0.197. The summed E-state index contributed by atoms with van der Waals surface area (Å²) in [4.78, 5) is 2.52. The van der Waals surface area contributed by atoms with Gasteiger partial charge in [-0.25, -0.2) is 0 Å². The van der Waals surface area contributed by atoms with Crippen LogP contribution in [0.15, 0.2) is 22.9 Å². The molecule has 0 amide bonds. The molecule has 0 radical (unpaired) electrons. The Morgan fingerprint density at radius 3 is 3.05 bits per heavy atom. The average molecular weight is 338 g/mol. The van der Waals surface area contributed by atoms with Gasteiger partial charge in [-0.05, 0) is 48.3 Å². The minimum Gasteiger partial charge on any atom is -0.301 e. The Morgan fingerprint density at radius 1 is 1.45 bits per heavy atom. The number of hydrogen-bond acceptors (Lipinski definition) is 3. The number of rotatable bonds is 4. The van der Waals surface area contributed by atoms with E-state index in [1.54, 1.807) is 0 Å². The lowest BCUT2D eigenvalue weighted by Crippen LogP contribution is -2.36. The SMILES string of the molecule is Cc1cc([C@@H]2CCCN(CCn3cc(Br)cn3)C2)n[nH]1. The van der Waals surface area contributed by atoms with Crippen molar-refractivity contribution in [1.29, 1.82) is 0 Å². The number of aromatic amines is 1. The number of halogens is 1. The Bertz CT molecular complexity index is 561. The van der Waals surface area contributed by atoms with Crippen LogP contribution in [-0.2, 0) is 6.54 Å². The van der Waals surface area contributed by atoms with E-state index < -0.39 is 0 Å².